The number of likely N-dealkylation sites (N-methyl/N-ethyl adjacent to an activating group) is 2. The minimum Gasteiger partial charge on any atom is -0.356 e. The Kier molecular flexibility index (Phi) is 10.2. The lowest BCUT2D eigenvalue weighted by Crippen LogP contribution is -2.55. The molecule has 0 saturated carbocycles. The average Bonchev–Trinajstić information content (AvgIpc) is 2.46. The maximum absolute atomic E-state index is 12.1. The molecule has 0 aromatic carbocycles. The van der Waals surface area contributed by atoms with Crippen LogP contribution in [0.5, 0.6) is 0 Å². The summed E-state index contributed by atoms with van der Waals surface area (Å²) in [5.41, 5.74) is 0. The number of amides is 2. The number of guanidine groups is 1. The zero-order chi connectivity index (χ0) is 16.7. The minimum atomic E-state index is -0.0534. The van der Waals surface area contributed by atoms with Crippen molar-refractivity contribution in [3.05, 3.63) is 0 Å². The maximum atomic E-state index is 12.1. The zero-order valence-electron chi connectivity index (χ0n) is 14.8. The summed E-state index contributed by atoms with van der Waals surface area (Å²) in [6.07, 6.45) is 0. The number of hydrogen-bond acceptors (Lipinski definition) is 3. The molecule has 1 saturated heterocycles. The fourth-order valence-corrected chi connectivity index (χ4v) is 2.07. The van der Waals surface area contributed by atoms with Crippen molar-refractivity contribution in [2.24, 2.45) is 10.9 Å². The van der Waals surface area contributed by atoms with Crippen molar-refractivity contribution in [2.45, 2.75) is 20.8 Å². The molecule has 0 aromatic heterocycles. The van der Waals surface area contributed by atoms with E-state index >= 15 is 0 Å². The van der Waals surface area contributed by atoms with Gasteiger partial charge in [-0.2, -0.15) is 0 Å². The molecule has 7 nitrogen and oxygen atoms in total. The van der Waals surface area contributed by atoms with Gasteiger partial charge in [-0.3, -0.25) is 9.59 Å². The number of piperazine rings is 1. The van der Waals surface area contributed by atoms with E-state index < -0.39 is 0 Å². The van der Waals surface area contributed by atoms with Crippen molar-refractivity contribution in [1.29, 1.82) is 0 Å². The number of carbonyl (C=O) groups is 2. The van der Waals surface area contributed by atoms with Gasteiger partial charge in [0, 0.05) is 40.3 Å². The highest BCUT2D eigenvalue weighted by molar-refractivity contribution is 14.0. The number of rotatable bonds is 5. The van der Waals surface area contributed by atoms with Crippen LogP contribution in [0.15, 0.2) is 4.99 Å². The van der Waals surface area contributed by atoms with Gasteiger partial charge in [0.15, 0.2) is 5.96 Å². The topological polar surface area (TPSA) is 68.2 Å². The van der Waals surface area contributed by atoms with Gasteiger partial charge in [-0.25, -0.2) is 4.99 Å². The molecule has 0 aliphatic carbocycles. The molecule has 1 heterocycles. The molecule has 0 unspecified atom stereocenters. The minimum absolute atomic E-state index is 0. The van der Waals surface area contributed by atoms with Crippen LogP contribution in [-0.4, -0.2) is 85.8 Å². The van der Waals surface area contributed by atoms with Crippen LogP contribution in [0.1, 0.15) is 20.8 Å². The van der Waals surface area contributed by atoms with Crippen molar-refractivity contribution in [3.8, 4) is 0 Å². The van der Waals surface area contributed by atoms with E-state index in [-0.39, 0.29) is 42.3 Å². The number of nitrogens with zero attached hydrogens (tertiary/aromatic N) is 4. The van der Waals surface area contributed by atoms with E-state index in [1.807, 2.05) is 16.7 Å². The Bertz CT molecular complexity index is 426. The molecule has 23 heavy (non-hydrogen) atoms. The largest absolute Gasteiger partial charge is 0.356 e. The lowest BCUT2D eigenvalue weighted by Gasteiger charge is -2.35. The Balaban J connectivity index is 0.00000484. The lowest BCUT2D eigenvalue weighted by molar-refractivity contribution is -0.134. The summed E-state index contributed by atoms with van der Waals surface area (Å²) >= 11 is 0. The van der Waals surface area contributed by atoms with Gasteiger partial charge in [0.25, 0.3) is 0 Å². The van der Waals surface area contributed by atoms with Crippen LogP contribution in [0.2, 0.25) is 0 Å². The van der Waals surface area contributed by atoms with Crippen LogP contribution in [0.3, 0.4) is 0 Å². The third-order valence-electron chi connectivity index (χ3n) is 3.53. The van der Waals surface area contributed by atoms with E-state index in [1.54, 1.807) is 14.1 Å². The number of hydrogen-bond donors (Lipinski definition) is 1. The standard InChI is InChI=1S/C15H29N5O2.HI/c1-6-19-7-8-20(11-14(19)22)15(16-9-12(2)3)17-10-13(21)18(4)5;/h12H,6-11H2,1-5H3,(H,16,17);1H. The Labute approximate surface area is 156 Å². The molecular weight excluding hydrogens is 409 g/mol. The highest BCUT2D eigenvalue weighted by Crippen LogP contribution is 2.04. The van der Waals surface area contributed by atoms with Gasteiger partial charge >= 0.3 is 0 Å². The summed E-state index contributed by atoms with van der Waals surface area (Å²) < 4.78 is 0. The Hall–Kier alpha value is -1.06. The van der Waals surface area contributed by atoms with Crippen LogP contribution in [0, 0.1) is 5.92 Å². The third kappa shape index (κ3) is 7.36. The molecule has 134 valence electrons. The van der Waals surface area contributed by atoms with Crippen LogP contribution in [-0.2, 0) is 9.59 Å². The van der Waals surface area contributed by atoms with Crippen LogP contribution in [0.25, 0.3) is 0 Å². The SMILES string of the molecule is CCN1CCN(C(=NCC(=O)N(C)C)NCC(C)C)CC1=O.I. The second kappa shape index (κ2) is 10.7. The maximum Gasteiger partial charge on any atom is 0.243 e. The van der Waals surface area contributed by atoms with Gasteiger partial charge in [0.1, 0.15) is 6.54 Å². The van der Waals surface area contributed by atoms with Crippen molar-refractivity contribution < 1.29 is 9.59 Å². The molecule has 1 aliphatic heterocycles. The van der Waals surface area contributed by atoms with Crippen molar-refractivity contribution in [1.82, 2.24) is 20.0 Å². The van der Waals surface area contributed by atoms with Gasteiger partial charge in [-0.1, -0.05) is 13.8 Å². The van der Waals surface area contributed by atoms with E-state index in [0.717, 1.165) is 19.6 Å². The van der Waals surface area contributed by atoms with Crippen molar-refractivity contribution in [3.63, 3.8) is 0 Å². The second-order valence-corrected chi connectivity index (χ2v) is 6.10. The van der Waals surface area contributed by atoms with E-state index in [4.69, 9.17) is 0 Å². The van der Waals surface area contributed by atoms with Gasteiger partial charge in [-0.15, -0.1) is 24.0 Å². The molecule has 2 amide bonds. The molecule has 1 fully saturated rings. The molecular formula is C15H30IN5O2. The van der Waals surface area contributed by atoms with Gasteiger partial charge in [0.05, 0.1) is 6.54 Å². The fraction of sp³-hybridized carbons (Fsp3) is 0.800. The summed E-state index contributed by atoms with van der Waals surface area (Å²) in [4.78, 5) is 33.5. The summed E-state index contributed by atoms with van der Waals surface area (Å²) in [6.45, 7) is 9.53. The summed E-state index contributed by atoms with van der Waals surface area (Å²) in [5.74, 6) is 1.16. The van der Waals surface area contributed by atoms with E-state index in [0.29, 0.717) is 25.0 Å². The molecule has 0 spiro atoms. The lowest BCUT2D eigenvalue weighted by atomic mass is 10.2. The predicted octanol–water partition coefficient (Wildman–Crippen LogP) is 0.458. The molecule has 0 radical (unpaired) electrons. The van der Waals surface area contributed by atoms with Gasteiger partial charge in [-0.05, 0) is 12.8 Å². The summed E-state index contributed by atoms with van der Waals surface area (Å²) in [5, 5.41) is 3.27. The molecule has 8 heteroatoms. The van der Waals surface area contributed by atoms with Gasteiger partial charge < -0.3 is 20.0 Å². The van der Waals surface area contributed by atoms with E-state index in [2.05, 4.69) is 24.2 Å². The summed E-state index contributed by atoms with van der Waals surface area (Å²) in [7, 11) is 3.42. The average molecular weight is 439 g/mol. The van der Waals surface area contributed by atoms with E-state index in [1.165, 1.54) is 4.90 Å². The monoisotopic (exact) mass is 439 g/mol. The van der Waals surface area contributed by atoms with Crippen LogP contribution >= 0.6 is 24.0 Å². The number of aliphatic imine (C=N–C) groups is 1. The molecule has 1 N–H and O–H groups in total. The third-order valence-corrected chi connectivity index (χ3v) is 3.53. The van der Waals surface area contributed by atoms with Gasteiger partial charge in [0.2, 0.25) is 11.8 Å². The zero-order valence-corrected chi connectivity index (χ0v) is 17.2. The quantitative estimate of drug-likeness (QED) is 0.384. The smallest absolute Gasteiger partial charge is 0.243 e. The highest BCUT2D eigenvalue weighted by Gasteiger charge is 2.25. The molecule has 1 rings (SSSR count). The first-order valence-electron chi connectivity index (χ1n) is 7.86. The molecule has 0 bridgehead atoms. The number of carbonyl (C=O) groups excluding carboxylic acids is 2. The Morgan fingerprint density at radius 3 is 2.48 bits per heavy atom. The number of nitrogens with one attached hydrogen (secondary N) is 1. The first-order chi connectivity index (χ1) is 10.3. The molecule has 1 aliphatic rings. The first kappa shape index (κ1) is 21.9. The molecule has 0 atom stereocenters. The summed E-state index contributed by atoms with van der Waals surface area (Å²) in [6, 6.07) is 0. The van der Waals surface area contributed by atoms with Crippen LogP contribution in [0.4, 0.5) is 0 Å². The highest BCUT2D eigenvalue weighted by atomic mass is 127. The Morgan fingerprint density at radius 2 is 2.00 bits per heavy atom. The first-order valence-corrected chi connectivity index (χ1v) is 7.86. The molecule has 0 aromatic rings. The van der Waals surface area contributed by atoms with Crippen LogP contribution < -0.4 is 5.32 Å². The predicted molar refractivity (Wildman–Crippen MR) is 103 cm³/mol. The van der Waals surface area contributed by atoms with Crippen molar-refractivity contribution in [2.75, 3.05) is 53.4 Å². The normalized spacial score (nSPS) is 15.6. The Morgan fingerprint density at radius 1 is 1.35 bits per heavy atom. The van der Waals surface area contributed by atoms with E-state index in [9.17, 15) is 9.59 Å². The van der Waals surface area contributed by atoms with Crippen molar-refractivity contribution >= 4 is 41.8 Å². The fourth-order valence-electron chi connectivity index (χ4n) is 2.07. The number of halogens is 1. The second-order valence-electron chi connectivity index (χ2n) is 6.10.